The highest BCUT2D eigenvalue weighted by molar-refractivity contribution is 5.95. The minimum absolute atomic E-state index is 0.0898. The van der Waals surface area contributed by atoms with Crippen molar-refractivity contribution in [3.63, 3.8) is 0 Å². The Morgan fingerprint density at radius 3 is 2.21 bits per heavy atom. The predicted octanol–water partition coefficient (Wildman–Crippen LogP) is 1.27. The molecule has 0 aromatic heterocycles. The number of aromatic hydroxyl groups is 2. The number of piperazine rings is 1. The molecule has 0 aliphatic carbocycles. The smallest absolute Gasteiger partial charge is 0.254 e. The van der Waals surface area contributed by atoms with Crippen molar-refractivity contribution in [2.75, 3.05) is 32.7 Å². The minimum atomic E-state index is -0.137. The topological polar surface area (TPSA) is 64.0 Å². The number of hydrogen-bond acceptors (Lipinski definition) is 4. The maximum absolute atomic E-state index is 12.3. The van der Waals surface area contributed by atoms with Gasteiger partial charge in [-0.2, -0.15) is 0 Å². The summed E-state index contributed by atoms with van der Waals surface area (Å²) in [6.45, 7) is 6.35. The number of carbonyl (C=O) groups excluding carboxylic acids is 1. The first kappa shape index (κ1) is 13.7. The number of nitrogens with zero attached hydrogens (tertiary/aromatic N) is 2. The van der Waals surface area contributed by atoms with Gasteiger partial charge in [0.25, 0.3) is 5.91 Å². The average molecular weight is 264 g/mol. The lowest BCUT2D eigenvalue weighted by molar-refractivity contribution is 0.0636. The molecule has 1 aliphatic rings. The van der Waals surface area contributed by atoms with Gasteiger partial charge < -0.3 is 15.1 Å². The van der Waals surface area contributed by atoms with E-state index < -0.39 is 0 Å². The van der Waals surface area contributed by atoms with E-state index in [9.17, 15) is 15.0 Å². The molecule has 1 aliphatic heterocycles. The Morgan fingerprint density at radius 2 is 1.68 bits per heavy atom. The molecule has 0 bridgehead atoms. The van der Waals surface area contributed by atoms with Crippen molar-refractivity contribution in [2.24, 2.45) is 0 Å². The summed E-state index contributed by atoms with van der Waals surface area (Å²) in [5.74, 6) is -0.316. The molecule has 2 N–H and O–H groups in total. The highest BCUT2D eigenvalue weighted by atomic mass is 16.3. The molecule has 104 valence electrons. The Bertz CT molecular complexity index is 434. The van der Waals surface area contributed by atoms with Gasteiger partial charge in [0.2, 0.25) is 0 Å². The molecule has 0 unspecified atom stereocenters. The molecule has 1 heterocycles. The first-order valence-corrected chi connectivity index (χ1v) is 6.65. The number of hydrogen-bond donors (Lipinski definition) is 2. The van der Waals surface area contributed by atoms with Gasteiger partial charge in [0, 0.05) is 37.8 Å². The van der Waals surface area contributed by atoms with Crippen molar-refractivity contribution in [3.05, 3.63) is 23.8 Å². The lowest BCUT2D eigenvalue weighted by Gasteiger charge is -2.34. The van der Waals surface area contributed by atoms with Crippen molar-refractivity contribution in [1.82, 2.24) is 9.80 Å². The Hall–Kier alpha value is -1.75. The van der Waals surface area contributed by atoms with Crippen LogP contribution < -0.4 is 0 Å². The predicted molar refractivity (Wildman–Crippen MR) is 72.4 cm³/mol. The third-order valence-corrected chi connectivity index (χ3v) is 3.35. The molecule has 0 atom stereocenters. The summed E-state index contributed by atoms with van der Waals surface area (Å²) in [5, 5.41) is 18.8. The molecule has 1 aromatic rings. The molecule has 0 saturated carbocycles. The van der Waals surface area contributed by atoms with E-state index in [4.69, 9.17) is 0 Å². The van der Waals surface area contributed by atoms with E-state index in [0.717, 1.165) is 26.1 Å². The van der Waals surface area contributed by atoms with Gasteiger partial charge in [-0.1, -0.05) is 6.92 Å². The van der Waals surface area contributed by atoms with E-state index >= 15 is 0 Å². The van der Waals surface area contributed by atoms with Crippen LogP contribution in [0.1, 0.15) is 23.7 Å². The van der Waals surface area contributed by atoms with Crippen LogP contribution in [0.5, 0.6) is 11.5 Å². The first-order chi connectivity index (χ1) is 9.10. The Labute approximate surface area is 113 Å². The van der Waals surface area contributed by atoms with Crippen molar-refractivity contribution in [1.29, 1.82) is 0 Å². The summed E-state index contributed by atoms with van der Waals surface area (Å²) in [4.78, 5) is 16.4. The van der Waals surface area contributed by atoms with Crippen LogP contribution in [0, 0.1) is 0 Å². The van der Waals surface area contributed by atoms with Crippen LogP contribution in [0.2, 0.25) is 0 Å². The molecule has 5 nitrogen and oxygen atoms in total. The molecule has 1 aromatic carbocycles. The zero-order chi connectivity index (χ0) is 13.8. The quantitative estimate of drug-likeness (QED) is 0.863. The molecular formula is C14H20N2O3. The van der Waals surface area contributed by atoms with Crippen LogP contribution in [0.3, 0.4) is 0 Å². The maximum atomic E-state index is 12.3. The van der Waals surface area contributed by atoms with E-state index in [-0.39, 0.29) is 17.4 Å². The van der Waals surface area contributed by atoms with Crippen LogP contribution in [0.25, 0.3) is 0 Å². The molecule has 19 heavy (non-hydrogen) atoms. The zero-order valence-corrected chi connectivity index (χ0v) is 11.2. The number of carbonyl (C=O) groups is 1. The fourth-order valence-electron chi connectivity index (χ4n) is 2.39. The largest absolute Gasteiger partial charge is 0.508 e. The number of phenolic OH excluding ortho intramolecular Hbond substituents is 2. The normalized spacial score (nSPS) is 16.6. The summed E-state index contributed by atoms with van der Waals surface area (Å²) in [6.07, 6.45) is 1.12. The Morgan fingerprint density at radius 1 is 1.11 bits per heavy atom. The highest BCUT2D eigenvalue weighted by Gasteiger charge is 2.22. The summed E-state index contributed by atoms with van der Waals surface area (Å²) in [7, 11) is 0. The second kappa shape index (κ2) is 5.93. The molecule has 5 heteroatoms. The van der Waals surface area contributed by atoms with Gasteiger partial charge in [-0.15, -0.1) is 0 Å². The van der Waals surface area contributed by atoms with Crippen molar-refractivity contribution < 1.29 is 15.0 Å². The standard InChI is InChI=1S/C14H20N2O3/c1-2-3-15-4-6-16(7-5-15)14(19)11-8-12(17)10-13(18)9-11/h8-10,17-18H,2-7H2,1H3. The number of phenols is 2. The summed E-state index contributed by atoms with van der Waals surface area (Å²) >= 11 is 0. The maximum Gasteiger partial charge on any atom is 0.254 e. The highest BCUT2D eigenvalue weighted by Crippen LogP contribution is 2.21. The number of benzene rings is 1. The van der Waals surface area contributed by atoms with Gasteiger partial charge in [0.15, 0.2) is 0 Å². The lowest BCUT2D eigenvalue weighted by Crippen LogP contribution is -2.48. The van der Waals surface area contributed by atoms with Crippen LogP contribution >= 0.6 is 0 Å². The van der Waals surface area contributed by atoms with Crippen LogP contribution in [0.15, 0.2) is 18.2 Å². The van der Waals surface area contributed by atoms with E-state index in [2.05, 4.69) is 11.8 Å². The van der Waals surface area contributed by atoms with E-state index in [1.54, 1.807) is 4.90 Å². The SMILES string of the molecule is CCCN1CCN(C(=O)c2cc(O)cc(O)c2)CC1. The molecular weight excluding hydrogens is 244 g/mol. The molecule has 1 amide bonds. The van der Waals surface area contributed by atoms with Crippen LogP contribution in [-0.2, 0) is 0 Å². The second-order valence-corrected chi connectivity index (χ2v) is 4.87. The van der Waals surface area contributed by atoms with Crippen LogP contribution in [-0.4, -0.2) is 58.6 Å². The van der Waals surface area contributed by atoms with Gasteiger partial charge >= 0.3 is 0 Å². The Balaban J connectivity index is 2.01. The summed E-state index contributed by atoms with van der Waals surface area (Å²) in [5.41, 5.74) is 0.335. The minimum Gasteiger partial charge on any atom is -0.508 e. The monoisotopic (exact) mass is 264 g/mol. The van der Waals surface area contributed by atoms with Gasteiger partial charge in [0.1, 0.15) is 11.5 Å². The molecule has 0 radical (unpaired) electrons. The van der Waals surface area contributed by atoms with Gasteiger partial charge in [-0.3, -0.25) is 9.69 Å². The molecule has 1 fully saturated rings. The first-order valence-electron chi connectivity index (χ1n) is 6.65. The lowest BCUT2D eigenvalue weighted by atomic mass is 10.1. The molecule has 1 saturated heterocycles. The van der Waals surface area contributed by atoms with Crippen molar-refractivity contribution in [2.45, 2.75) is 13.3 Å². The van der Waals surface area contributed by atoms with E-state index in [0.29, 0.717) is 18.7 Å². The molecule has 2 rings (SSSR count). The van der Waals surface area contributed by atoms with Crippen molar-refractivity contribution >= 4 is 5.91 Å². The zero-order valence-electron chi connectivity index (χ0n) is 11.2. The van der Waals surface area contributed by atoms with Gasteiger partial charge in [-0.25, -0.2) is 0 Å². The average Bonchev–Trinajstić information content (AvgIpc) is 2.38. The summed E-state index contributed by atoms with van der Waals surface area (Å²) < 4.78 is 0. The third kappa shape index (κ3) is 3.38. The van der Waals surface area contributed by atoms with Gasteiger partial charge in [-0.05, 0) is 25.1 Å². The second-order valence-electron chi connectivity index (χ2n) is 4.87. The number of amides is 1. The van der Waals surface area contributed by atoms with E-state index in [1.807, 2.05) is 0 Å². The van der Waals surface area contributed by atoms with Gasteiger partial charge in [0.05, 0.1) is 0 Å². The molecule has 0 spiro atoms. The summed E-state index contributed by atoms with van der Waals surface area (Å²) in [6, 6.07) is 4.00. The van der Waals surface area contributed by atoms with Crippen LogP contribution in [0.4, 0.5) is 0 Å². The van der Waals surface area contributed by atoms with E-state index in [1.165, 1.54) is 18.2 Å². The fraction of sp³-hybridized carbons (Fsp3) is 0.500. The third-order valence-electron chi connectivity index (χ3n) is 3.35. The number of rotatable bonds is 3. The Kier molecular flexibility index (Phi) is 4.27. The van der Waals surface area contributed by atoms with Crippen molar-refractivity contribution in [3.8, 4) is 11.5 Å². The fourth-order valence-corrected chi connectivity index (χ4v) is 2.39.